The van der Waals surface area contributed by atoms with Crippen molar-refractivity contribution >= 4 is 18.3 Å². The normalized spacial score (nSPS) is 17.3. The molecule has 1 aliphatic rings. The first-order valence-electron chi connectivity index (χ1n) is 7.68. The second kappa shape index (κ2) is 9.06. The van der Waals surface area contributed by atoms with Gasteiger partial charge in [0.1, 0.15) is 0 Å². The number of aryl methyl sites for hydroxylation is 2. The third-order valence-electron chi connectivity index (χ3n) is 4.16. The first-order valence-corrected chi connectivity index (χ1v) is 7.68. The highest BCUT2D eigenvalue weighted by Crippen LogP contribution is 2.14. The smallest absolute Gasteiger partial charge is 0.220 e. The van der Waals surface area contributed by atoms with Crippen LogP contribution in [0, 0.1) is 19.8 Å². The van der Waals surface area contributed by atoms with Crippen LogP contribution >= 0.6 is 12.4 Å². The van der Waals surface area contributed by atoms with Crippen LogP contribution in [0.2, 0.25) is 0 Å². The Labute approximate surface area is 134 Å². The van der Waals surface area contributed by atoms with Gasteiger partial charge in [0.05, 0.1) is 0 Å². The number of carbonyl (C=O) groups is 1. The lowest BCUT2D eigenvalue weighted by molar-refractivity contribution is -0.121. The minimum Gasteiger partial charge on any atom is -0.356 e. The van der Waals surface area contributed by atoms with Gasteiger partial charge < -0.3 is 10.6 Å². The van der Waals surface area contributed by atoms with E-state index in [1.807, 2.05) is 0 Å². The molecule has 0 bridgehead atoms. The van der Waals surface area contributed by atoms with Gasteiger partial charge in [0.25, 0.3) is 0 Å². The topological polar surface area (TPSA) is 41.1 Å². The average Bonchev–Trinajstić information content (AvgIpc) is 2.92. The van der Waals surface area contributed by atoms with Crippen LogP contribution in [0.25, 0.3) is 0 Å². The lowest BCUT2D eigenvalue weighted by Crippen LogP contribution is -2.26. The lowest BCUT2D eigenvalue weighted by atomic mass is 10.0. The Morgan fingerprint density at radius 1 is 1.38 bits per heavy atom. The molecule has 0 aliphatic carbocycles. The molecule has 1 unspecified atom stereocenters. The molecule has 0 aromatic heterocycles. The zero-order chi connectivity index (χ0) is 14.4. The van der Waals surface area contributed by atoms with Crippen molar-refractivity contribution in [3.05, 3.63) is 34.9 Å². The number of rotatable bonds is 6. The van der Waals surface area contributed by atoms with Crippen molar-refractivity contribution < 1.29 is 4.79 Å². The molecule has 1 atom stereocenters. The van der Waals surface area contributed by atoms with Gasteiger partial charge in [-0.3, -0.25) is 4.79 Å². The van der Waals surface area contributed by atoms with Crippen molar-refractivity contribution in [2.45, 2.75) is 39.5 Å². The molecule has 0 spiro atoms. The number of hydrogen-bond donors (Lipinski definition) is 2. The van der Waals surface area contributed by atoms with Crippen molar-refractivity contribution in [1.29, 1.82) is 0 Å². The third-order valence-corrected chi connectivity index (χ3v) is 4.16. The highest BCUT2D eigenvalue weighted by Gasteiger charge is 2.15. The molecule has 3 nitrogen and oxygen atoms in total. The summed E-state index contributed by atoms with van der Waals surface area (Å²) in [7, 11) is 0. The summed E-state index contributed by atoms with van der Waals surface area (Å²) in [5.41, 5.74) is 3.94. The maximum Gasteiger partial charge on any atom is 0.220 e. The molecule has 1 amide bonds. The second-order valence-corrected chi connectivity index (χ2v) is 5.93. The molecule has 1 heterocycles. The van der Waals surface area contributed by atoms with Gasteiger partial charge in [-0.15, -0.1) is 12.4 Å². The van der Waals surface area contributed by atoms with Crippen molar-refractivity contribution in [1.82, 2.24) is 10.6 Å². The SMILES string of the molecule is Cc1ccc(CCNC(=O)CCC2CCNC2)c(C)c1.Cl. The summed E-state index contributed by atoms with van der Waals surface area (Å²) in [4.78, 5) is 11.8. The Kier molecular flexibility index (Phi) is 7.76. The molecular formula is C17H27ClN2O. The van der Waals surface area contributed by atoms with Gasteiger partial charge in [-0.1, -0.05) is 23.8 Å². The molecule has 2 rings (SSSR count). The van der Waals surface area contributed by atoms with Gasteiger partial charge in [-0.2, -0.15) is 0 Å². The third kappa shape index (κ3) is 6.06. The van der Waals surface area contributed by atoms with Gasteiger partial charge in [0, 0.05) is 13.0 Å². The van der Waals surface area contributed by atoms with E-state index in [1.165, 1.54) is 23.1 Å². The largest absolute Gasteiger partial charge is 0.356 e. The first kappa shape index (κ1) is 18.0. The van der Waals surface area contributed by atoms with Gasteiger partial charge in [0.2, 0.25) is 5.91 Å². The maximum absolute atomic E-state index is 11.8. The van der Waals surface area contributed by atoms with Crippen molar-refractivity contribution in [3.8, 4) is 0 Å². The summed E-state index contributed by atoms with van der Waals surface area (Å²) >= 11 is 0. The number of carbonyl (C=O) groups excluding carboxylic acids is 1. The molecule has 1 saturated heterocycles. The molecule has 2 N–H and O–H groups in total. The molecule has 1 aromatic carbocycles. The first-order chi connectivity index (χ1) is 9.65. The monoisotopic (exact) mass is 310 g/mol. The Morgan fingerprint density at radius 3 is 2.86 bits per heavy atom. The summed E-state index contributed by atoms with van der Waals surface area (Å²) < 4.78 is 0. The minimum absolute atomic E-state index is 0. The van der Waals surface area contributed by atoms with Crippen LogP contribution in [0.15, 0.2) is 18.2 Å². The van der Waals surface area contributed by atoms with Crippen LogP contribution in [0.4, 0.5) is 0 Å². The number of amides is 1. The number of nitrogens with one attached hydrogen (secondary N) is 2. The number of halogens is 1. The van der Waals surface area contributed by atoms with E-state index in [4.69, 9.17) is 0 Å². The Hall–Kier alpha value is -1.06. The van der Waals surface area contributed by atoms with Crippen LogP contribution in [0.3, 0.4) is 0 Å². The van der Waals surface area contributed by atoms with Gasteiger partial charge in [-0.05, 0) is 63.2 Å². The van der Waals surface area contributed by atoms with E-state index < -0.39 is 0 Å². The summed E-state index contributed by atoms with van der Waals surface area (Å²) in [6, 6.07) is 6.50. The van der Waals surface area contributed by atoms with E-state index in [0.717, 1.165) is 32.5 Å². The minimum atomic E-state index is 0. The quantitative estimate of drug-likeness (QED) is 0.848. The Morgan fingerprint density at radius 2 is 2.19 bits per heavy atom. The fraction of sp³-hybridized carbons (Fsp3) is 0.588. The van der Waals surface area contributed by atoms with Crippen molar-refractivity contribution in [2.75, 3.05) is 19.6 Å². The lowest BCUT2D eigenvalue weighted by Gasteiger charge is -2.10. The van der Waals surface area contributed by atoms with Crippen molar-refractivity contribution in [3.63, 3.8) is 0 Å². The summed E-state index contributed by atoms with van der Waals surface area (Å²) in [6.07, 6.45) is 3.82. The van der Waals surface area contributed by atoms with Crippen LogP contribution in [0.1, 0.15) is 36.0 Å². The van der Waals surface area contributed by atoms with E-state index in [9.17, 15) is 4.79 Å². The zero-order valence-corrected chi connectivity index (χ0v) is 13.9. The average molecular weight is 311 g/mol. The molecule has 4 heteroatoms. The van der Waals surface area contributed by atoms with Gasteiger partial charge in [0.15, 0.2) is 0 Å². The van der Waals surface area contributed by atoms with Gasteiger partial charge >= 0.3 is 0 Å². The maximum atomic E-state index is 11.8. The molecule has 0 radical (unpaired) electrons. The second-order valence-electron chi connectivity index (χ2n) is 5.93. The van der Waals surface area contributed by atoms with Crippen LogP contribution in [-0.4, -0.2) is 25.5 Å². The highest BCUT2D eigenvalue weighted by atomic mass is 35.5. The van der Waals surface area contributed by atoms with E-state index >= 15 is 0 Å². The fourth-order valence-electron chi connectivity index (χ4n) is 2.85. The Balaban J connectivity index is 0.00000220. The summed E-state index contributed by atoms with van der Waals surface area (Å²) in [5.74, 6) is 0.891. The molecule has 1 fully saturated rings. The van der Waals surface area contributed by atoms with Gasteiger partial charge in [-0.25, -0.2) is 0 Å². The van der Waals surface area contributed by atoms with E-state index in [2.05, 4.69) is 42.7 Å². The van der Waals surface area contributed by atoms with E-state index in [0.29, 0.717) is 12.3 Å². The summed E-state index contributed by atoms with van der Waals surface area (Å²) in [5, 5.41) is 6.38. The molecular weight excluding hydrogens is 284 g/mol. The predicted octanol–water partition coefficient (Wildman–Crippen LogP) is 2.77. The van der Waals surface area contributed by atoms with Crippen LogP contribution in [-0.2, 0) is 11.2 Å². The number of benzene rings is 1. The van der Waals surface area contributed by atoms with Crippen LogP contribution < -0.4 is 10.6 Å². The standard InChI is InChI=1S/C17H26N2O.ClH/c1-13-3-5-16(14(2)11-13)8-10-19-17(20)6-4-15-7-9-18-12-15;/h3,5,11,15,18H,4,6-10,12H2,1-2H3,(H,19,20);1H. The number of hydrogen-bond acceptors (Lipinski definition) is 2. The van der Waals surface area contributed by atoms with Crippen LogP contribution in [0.5, 0.6) is 0 Å². The summed E-state index contributed by atoms with van der Waals surface area (Å²) in [6.45, 7) is 7.17. The molecule has 1 aliphatic heterocycles. The predicted molar refractivity (Wildman–Crippen MR) is 90.1 cm³/mol. The van der Waals surface area contributed by atoms with E-state index in [1.54, 1.807) is 0 Å². The zero-order valence-electron chi connectivity index (χ0n) is 13.1. The molecule has 21 heavy (non-hydrogen) atoms. The molecule has 118 valence electrons. The fourth-order valence-corrected chi connectivity index (χ4v) is 2.85. The molecule has 1 aromatic rings. The van der Waals surface area contributed by atoms with Crippen molar-refractivity contribution in [2.24, 2.45) is 5.92 Å². The Bertz CT molecular complexity index is 456. The highest BCUT2D eigenvalue weighted by molar-refractivity contribution is 5.85. The van der Waals surface area contributed by atoms with E-state index in [-0.39, 0.29) is 18.3 Å². The molecule has 0 saturated carbocycles.